The first kappa shape index (κ1) is 12.6. The summed E-state index contributed by atoms with van der Waals surface area (Å²) in [5, 5.41) is 2.87. The van der Waals surface area contributed by atoms with Gasteiger partial charge in [-0.05, 0) is 43.5 Å². The van der Waals surface area contributed by atoms with E-state index in [0.717, 1.165) is 29.6 Å². The minimum absolute atomic E-state index is 0.0911. The maximum absolute atomic E-state index is 11.1. The van der Waals surface area contributed by atoms with Gasteiger partial charge in [0.1, 0.15) is 18.6 Å². The zero-order valence-corrected chi connectivity index (χ0v) is 10.7. The Balaban J connectivity index is 2.05. The summed E-state index contributed by atoms with van der Waals surface area (Å²) in [6, 6.07) is 3.72. The maximum atomic E-state index is 11.1. The molecule has 18 heavy (non-hydrogen) atoms. The maximum Gasteiger partial charge on any atom is 0.220 e. The van der Waals surface area contributed by atoms with Crippen molar-refractivity contribution >= 4 is 12.2 Å². The fraction of sp³-hybridized carbons (Fsp3) is 0.429. The van der Waals surface area contributed by atoms with Crippen LogP contribution < -0.4 is 10.1 Å². The predicted molar refractivity (Wildman–Crippen MR) is 68.0 cm³/mol. The van der Waals surface area contributed by atoms with Crippen molar-refractivity contribution in [1.82, 2.24) is 5.32 Å². The van der Waals surface area contributed by atoms with E-state index in [2.05, 4.69) is 5.32 Å². The molecule has 0 aliphatic carbocycles. The van der Waals surface area contributed by atoms with Gasteiger partial charge in [0, 0.05) is 12.0 Å². The van der Waals surface area contributed by atoms with Crippen LogP contribution in [0.5, 0.6) is 5.75 Å². The molecule has 1 amide bonds. The minimum atomic E-state index is 0.0911. The zero-order valence-electron chi connectivity index (χ0n) is 10.7. The lowest BCUT2D eigenvalue weighted by atomic mass is 10.1. The number of amides is 1. The first-order valence-corrected chi connectivity index (χ1v) is 6.08. The van der Waals surface area contributed by atoms with E-state index in [9.17, 15) is 9.59 Å². The van der Waals surface area contributed by atoms with Crippen LogP contribution in [0.3, 0.4) is 0 Å². The molecule has 1 aromatic carbocycles. The Morgan fingerprint density at radius 1 is 1.39 bits per heavy atom. The predicted octanol–water partition coefficient (Wildman–Crippen LogP) is 1.77. The molecule has 0 radical (unpaired) electrons. The Kier molecular flexibility index (Phi) is 3.65. The van der Waals surface area contributed by atoms with Crippen LogP contribution in [0.1, 0.15) is 34.3 Å². The molecule has 1 aromatic rings. The summed E-state index contributed by atoms with van der Waals surface area (Å²) in [5.41, 5.74) is 2.55. The molecule has 0 unspecified atom stereocenters. The largest absolute Gasteiger partial charge is 0.491 e. The molecule has 0 saturated carbocycles. The molecule has 1 N–H and O–H groups in total. The van der Waals surface area contributed by atoms with Crippen molar-refractivity contribution in [2.75, 3.05) is 6.61 Å². The van der Waals surface area contributed by atoms with Gasteiger partial charge in [0.05, 0.1) is 6.04 Å². The van der Waals surface area contributed by atoms with Crippen LogP contribution in [-0.4, -0.2) is 24.8 Å². The van der Waals surface area contributed by atoms with Gasteiger partial charge in [0.25, 0.3) is 0 Å². The van der Waals surface area contributed by atoms with E-state index in [0.29, 0.717) is 18.6 Å². The Morgan fingerprint density at radius 2 is 2.06 bits per heavy atom. The van der Waals surface area contributed by atoms with Crippen LogP contribution in [0, 0.1) is 13.8 Å². The topological polar surface area (TPSA) is 55.4 Å². The van der Waals surface area contributed by atoms with Gasteiger partial charge in [0.2, 0.25) is 5.91 Å². The van der Waals surface area contributed by atoms with E-state index in [1.54, 1.807) is 0 Å². The van der Waals surface area contributed by atoms with Crippen LogP contribution in [0.4, 0.5) is 0 Å². The second kappa shape index (κ2) is 5.21. The number of hydrogen-bond acceptors (Lipinski definition) is 3. The van der Waals surface area contributed by atoms with Gasteiger partial charge in [-0.15, -0.1) is 0 Å². The van der Waals surface area contributed by atoms with Crippen molar-refractivity contribution in [2.24, 2.45) is 0 Å². The summed E-state index contributed by atoms with van der Waals surface area (Å²) in [4.78, 5) is 21.8. The Morgan fingerprint density at radius 3 is 2.56 bits per heavy atom. The quantitative estimate of drug-likeness (QED) is 0.825. The van der Waals surface area contributed by atoms with Crippen LogP contribution in [-0.2, 0) is 4.79 Å². The van der Waals surface area contributed by atoms with Gasteiger partial charge < -0.3 is 10.1 Å². The molecule has 96 valence electrons. The average molecular weight is 247 g/mol. The second-order valence-electron chi connectivity index (χ2n) is 4.72. The molecule has 1 aliphatic rings. The Bertz CT molecular complexity index is 459. The van der Waals surface area contributed by atoms with E-state index in [1.807, 2.05) is 26.0 Å². The van der Waals surface area contributed by atoms with E-state index >= 15 is 0 Å². The van der Waals surface area contributed by atoms with Gasteiger partial charge in [-0.1, -0.05) is 0 Å². The summed E-state index contributed by atoms with van der Waals surface area (Å²) < 4.78 is 5.77. The fourth-order valence-corrected chi connectivity index (χ4v) is 2.27. The lowest BCUT2D eigenvalue weighted by molar-refractivity contribution is -0.119. The lowest BCUT2D eigenvalue weighted by Gasteiger charge is -2.16. The van der Waals surface area contributed by atoms with Crippen LogP contribution >= 0.6 is 0 Å². The van der Waals surface area contributed by atoms with E-state index in [1.165, 1.54) is 0 Å². The Labute approximate surface area is 106 Å². The van der Waals surface area contributed by atoms with E-state index in [4.69, 9.17) is 4.74 Å². The normalized spacial score (nSPS) is 18.6. The summed E-state index contributed by atoms with van der Waals surface area (Å²) in [6.45, 7) is 4.32. The molecular formula is C14H17NO3. The van der Waals surface area contributed by atoms with Gasteiger partial charge in [0.15, 0.2) is 0 Å². The second-order valence-corrected chi connectivity index (χ2v) is 4.72. The highest BCUT2D eigenvalue weighted by Gasteiger charge is 2.21. The highest BCUT2D eigenvalue weighted by Crippen LogP contribution is 2.24. The first-order valence-electron chi connectivity index (χ1n) is 6.08. The Hall–Kier alpha value is -1.84. The molecule has 0 bridgehead atoms. The van der Waals surface area contributed by atoms with E-state index in [-0.39, 0.29) is 11.9 Å². The van der Waals surface area contributed by atoms with E-state index < -0.39 is 0 Å². The van der Waals surface area contributed by atoms with Gasteiger partial charge in [-0.3, -0.25) is 9.59 Å². The number of aryl methyl sites for hydroxylation is 2. The number of nitrogens with one attached hydrogen (secondary N) is 1. The third-order valence-corrected chi connectivity index (χ3v) is 3.13. The monoisotopic (exact) mass is 247 g/mol. The third-order valence-electron chi connectivity index (χ3n) is 3.13. The fourth-order valence-electron chi connectivity index (χ4n) is 2.27. The number of ether oxygens (including phenoxy) is 1. The van der Waals surface area contributed by atoms with Crippen molar-refractivity contribution in [1.29, 1.82) is 0 Å². The van der Waals surface area contributed by atoms with Crippen LogP contribution in [0.2, 0.25) is 0 Å². The molecule has 2 rings (SSSR count). The molecule has 1 aliphatic heterocycles. The molecule has 1 saturated heterocycles. The van der Waals surface area contributed by atoms with Crippen molar-refractivity contribution in [3.63, 3.8) is 0 Å². The molecule has 1 heterocycles. The summed E-state index contributed by atoms with van der Waals surface area (Å²) in [6.07, 6.45) is 2.24. The molecule has 0 aromatic heterocycles. The number of hydrogen-bond donors (Lipinski definition) is 1. The van der Waals surface area contributed by atoms with Gasteiger partial charge in [-0.25, -0.2) is 0 Å². The summed E-state index contributed by atoms with van der Waals surface area (Å²) in [5.74, 6) is 0.898. The van der Waals surface area contributed by atoms with Crippen molar-refractivity contribution < 1.29 is 14.3 Å². The van der Waals surface area contributed by atoms with Crippen molar-refractivity contribution in [3.8, 4) is 5.75 Å². The van der Waals surface area contributed by atoms with Crippen LogP contribution in [0.15, 0.2) is 12.1 Å². The molecule has 4 heteroatoms. The standard InChI is InChI=1S/C14H17NO3/c1-9-5-11(7-16)6-10(2)14(9)18-8-12-3-4-13(17)15-12/h5-7,12H,3-4,8H2,1-2H3,(H,15,17)/t12-/m0/s1. The highest BCUT2D eigenvalue weighted by atomic mass is 16.5. The number of benzene rings is 1. The lowest BCUT2D eigenvalue weighted by Crippen LogP contribution is -2.31. The summed E-state index contributed by atoms with van der Waals surface area (Å²) >= 11 is 0. The number of rotatable bonds is 4. The van der Waals surface area contributed by atoms with Gasteiger partial charge in [-0.2, -0.15) is 0 Å². The molecule has 4 nitrogen and oxygen atoms in total. The number of aldehydes is 1. The third kappa shape index (κ3) is 2.70. The zero-order chi connectivity index (χ0) is 13.1. The molecule has 1 fully saturated rings. The average Bonchev–Trinajstić information content (AvgIpc) is 2.73. The van der Waals surface area contributed by atoms with Crippen molar-refractivity contribution in [3.05, 3.63) is 28.8 Å². The molecule has 1 atom stereocenters. The first-order chi connectivity index (χ1) is 8.60. The number of carbonyl (C=O) groups excluding carboxylic acids is 2. The molecular weight excluding hydrogens is 230 g/mol. The smallest absolute Gasteiger partial charge is 0.220 e. The van der Waals surface area contributed by atoms with Crippen molar-refractivity contribution in [2.45, 2.75) is 32.7 Å². The summed E-state index contributed by atoms with van der Waals surface area (Å²) in [7, 11) is 0. The van der Waals surface area contributed by atoms with Crippen LogP contribution in [0.25, 0.3) is 0 Å². The molecule has 0 spiro atoms. The highest BCUT2D eigenvalue weighted by molar-refractivity contribution is 5.78. The minimum Gasteiger partial charge on any atom is -0.491 e. The number of carbonyl (C=O) groups is 2. The van der Waals surface area contributed by atoms with Gasteiger partial charge >= 0.3 is 0 Å². The SMILES string of the molecule is Cc1cc(C=O)cc(C)c1OC[C@@H]1CCC(=O)N1.